The molecule has 0 bridgehead atoms. The van der Waals surface area contributed by atoms with E-state index in [4.69, 9.17) is 4.42 Å². The Balaban J connectivity index is 1.75. The van der Waals surface area contributed by atoms with Crippen LogP contribution in [0.15, 0.2) is 47.4 Å². The van der Waals surface area contributed by atoms with Crippen LogP contribution in [0.4, 0.5) is 10.1 Å². The van der Waals surface area contributed by atoms with Crippen molar-refractivity contribution in [3.63, 3.8) is 0 Å². The van der Waals surface area contributed by atoms with E-state index < -0.39 is 11.7 Å². The maximum Gasteiger partial charge on any atom is 0.291 e. The molecule has 0 aliphatic heterocycles. The van der Waals surface area contributed by atoms with Crippen molar-refractivity contribution >= 4 is 17.5 Å². The Morgan fingerprint density at radius 1 is 1.20 bits per heavy atom. The second-order valence-electron chi connectivity index (χ2n) is 5.32. The Morgan fingerprint density at radius 2 is 1.96 bits per heavy atom. The number of carbonyl (C=O) groups is 2. The average molecular weight is 343 g/mol. The fourth-order valence-corrected chi connectivity index (χ4v) is 2.09. The van der Waals surface area contributed by atoms with Gasteiger partial charge >= 0.3 is 0 Å². The van der Waals surface area contributed by atoms with Crippen LogP contribution in [-0.4, -0.2) is 45.6 Å². The summed E-state index contributed by atoms with van der Waals surface area (Å²) in [5, 5.41) is 6.36. The molecule has 2 heterocycles. The van der Waals surface area contributed by atoms with Gasteiger partial charge in [-0.05, 0) is 30.3 Å². The van der Waals surface area contributed by atoms with Crippen LogP contribution < -0.4 is 5.32 Å². The maximum absolute atomic E-state index is 14.2. The number of benzene rings is 1. The topological polar surface area (TPSA) is 93.3 Å². The quantitative estimate of drug-likeness (QED) is 0.781. The summed E-state index contributed by atoms with van der Waals surface area (Å²) >= 11 is 0. The first-order valence-electron chi connectivity index (χ1n) is 7.23. The van der Waals surface area contributed by atoms with Gasteiger partial charge in [-0.1, -0.05) is 0 Å². The maximum atomic E-state index is 14.2. The SMILES string of the molecule is CN(C)C(=O)c1ccc(C(=O)Nc2ccc(-n3cncn3)c(F)c2)o1. The highest BCUT2D eigenvalue weighted by molar-refractivity contribution is 6.03. The minimum Gasteiger partial charge on any atom is -0.446 e. The zero-order valence-electron chi connectivity index (χ0n) is 13.4. The van der Waals surface area contributed by atoms with Crippen LogP contribution in [0.25, 0.3) is 5.69 Å². The molecule has 9 heteroatoms. The minimum atomic E-state index is -0.592. The highest BCUT2D eigenvalue weighted by Crippen LogP contribution is 2.19. The summed E-state index contributed by atoms with van der Waals surface area (Å²) in [5.74, 6) is -1.53. The van der Waals surface area contributed by atoms with Crippen LogP contribution in [-0.2, 0) is 0 Å². The van der Waals surface area contributed by atoms with Crippen LogP contribution >= 0.6 is 0 Å². The number of furan rings is 1. The summed E-state index contributed by atoms with van der Waals surface area (Å²) in [7, 11) is 3.15. The predicted octanol–water partition coefficient (Wildman–Crippen LogP) is 1.95. The molecule has 8 nitrogen and oxygen atoms in total. The van der Waals surface area contributed by atoms with Crippen molar-refractivity contribution in [2.45, 2.75) is 0 Å². The number of aromatic nitrogens is 3. The zero-order valence-corrected chi connectivity index (χ0v) is 13.4. The standard InChI is InChI=1S/C16H14FN5O3/c1-21(2)16(24)14-6-5-13(25-14)15(23)20-10-3-4-12(11(17)7-10)22-9-18-8-19-22/h3-9H,1-2H3,(H,20,23). The van der Waals surface area contributed by atoms with Crippen molar-refractivity contribution in [3.05, 3.63) is 60.3 Å². The van der Waals surface area contributed by atoms with Crippen molar-refractivity contribution in [1.29, 1.82) is 0 Å². The number of rotatable bonds is 4. The normalized spacial score (nSPS) is 10.5. The molecule has 0 radical (unpaired) electrons. The van der Waals surface area contributed by atoms with E-state index in [1.807, 2.05) is 0 Å². The predicted molar refractivity (Wildman–Crippen MR) is 86.0 cm³/mol. The van der Waals surface area contributed by atoms with Crippen molar-refractivity contribution < 1.29 is 18.4 Å². The van der Waals surface area contributed by atoms with Gasteiger partial charge in [-0.3, -0.25) is 9.59 Å². The van der Waals surface area contributed by atoms with E-state index in [0.717, 1.165) is 6.07 Å². The van der Waals surface area contributed by atoms with Crippen LogP contribution in [0.3, 0.4) is 0 Å². The summed E-state index contributed by atoms with van der Waals surface area (Å²) in [5.41, 5.74) is 0.440. The third kappa shape index (κ3) is 3.39. The second kappa shape index (κ2) is 6.56. The van der Waals surface area contributed by atoms with Crippen LogP contribution in [0.5, 0.6) is 0 Å². The van der Waals surface area contributed by atoms with E-state index in [9.17, 15) is 14.0 Å². The molecule has 25 heavy (non-hydrogen) atoms. The first-order valence-corrected chi connectivity index (χ1v) is 7.23. The molecular weight excluding hydrogens is 329 g/mol. The molecule has 0 unspecified atom stereocenters. The van der Waals surface area contributed by atoms with Gasteiger partial charge < -0.3 is 14.6 Å². The van der Waals surface area contributed by atoms with E-state index in [1.54, 1.807) is 14.1 Å². The van der Waals surface area contributed by atoms with Gasteiger partial charge in [0.2, 0.25) is 0 Å². The number of halogens is 1. The third-order valence-corrected chi connectivity index (χ3v) is 3.32. The highest BCUT2D eigenvalue weighted by atomic mass is 19.1. The van der Waals surface area contributed by atoms with Gasteiger partial charge in [0.1, 0.15) is 18.3 Å². The number of nitrogens with one attached hydrogen (secondary N) is 1. The molecule has 1 N–H and O–H groups in total. The van der Waals surface area contributed by atoms with E-state index in [-0.39, 0.29) is 28.8 Å². The molecule has 0 saturated carbocycles. The molecule has 0 aliphatic carbocycles. The summed E-state index contributed by atoms with van der Waals surface area (Å²) in [6, 6.07) is 6.93. The third-order valence-electron chi connectivity index (χ3n) is 3.32. The van der Waals surface area contributed by atoms with Crippen LogP contribution in [0, 0.1) is 5.82 Å². The van der Waals surface area contributed by atoms with Crippen molar-refractivity contribution in [2.75, 3.05) is 19.4 Å². The van der Waals surface area contributed by atoms with E-state index in [2.05, 4.69) is 15.4 Å². The van der Waals surface area contributed by atoms with Crippen molar-refractivity contribution in [1.82, 2.24) is 19.7 Å². The van der Waals surface area contributed by atoms with E-state index in [0.29, 0.717) is 0 Å². The number of hydrogen-bond donors (Lipinski definition) is 1. The molecule has 0 saturated heterocycles. The molecule has 2 amide bonds. The lowest BCUT2D eigenvalue weighted by Crippen LogP contribution is -2.21. The van der Waals surface area contributed by atoms with Gasteiger partial charge in [-0.25, -0.2) is 14.1 Å². The summed E-state index contributed by atoms with van der Waals surface area (Å²) in [6.45, 7) is 0. The molecule has 3 aromatic rings. The molecule has 0 atom stereocenters. The molecule has 0 fully saturated rings. The number of carbonyl (C=O) groups excluding carboxylic acids is 2. The summed E-state index contributed by atoms with van der Waals surface area (Å²) in [6.07, 6.45) is 2.65. The van der Waals surface area contributed by atoms with E-state index in [1.165, 1.54) is 46.5 Å². The van der Waals surface area contributed by atoms with Gasteiger partial charge in [0, 0.05) is 19.8 Å². The Bertz CT molecular complexity index is 918. The van der Waals surface area contributed by atoms with Gasteiger partial charge in [-0.2, -0.15) is 5.10 Å². The molecule has 128 valence electrons. The zero-order chi connectivity index (χ0) is 18.0. The average Bonchev–Trinajstić information content (AvgIpc) is 3.26. The van der Waals surface area contributed by atoms with Crippen molar-refractivity contribution in [3.8, 4) is 5.69 Å². The smallest absolute Gasteiger partial charge is 0.291 e. The Labute approximate surface area is 141 Å². The van der Waals surface area contributed by atoms with E-state index >= 15 is 0 Å². The van der Waals surface area contributed by atoms with Gasteiger partial charge in [-0.15, -0.1) is 0 Å². The van der Waals surface area contributed by atoms with Crippen molar-refractivity contribution in [2.24, 2.45) is 0 Å². The lowest BCUT2D eigenvalue weighted by molar-refractivity contribution is 0.0793. The Hall–Kier alpha value is -3.49. The number of nitrogens with zero attached hydrogens (tertiary/aromatic N) is 4. The number of anilines is 1. The lowest BCUT2D eigenvalue weighted by Gasteiger charge is -2.08. The fraction of sp³-hybridized carbons (Fsp3) is 0.125. The van der Waals surface area contributed by atoms with Gasteiger partial charge in [0.15, 0.2) is 17.3 Å². The van der Waals surface area contributed by atoms with Crippen LogP contribution in [0.2, 0.25) is 0 Å². The summed E-state index contributed by atoms with van der Waals surface area (Å²) in [4.78, 5) is 29.0. The summed E-state index contributed by atoms with van der Waals surface area (Å²) < 4.78 is 20.7. The van der Waals surface area contributed by atoms with Gasteiger partial charge in [0.25, 0.3) is 11.8 Å². The number of hydrogen-bond acceptors (Lipinski definition) is 5. The largest absolute Gasteiger partial charge is 0.446 e. The molecule has 1 aromatic carbocycles. The van der Waals surface area contributed by atoms with Gasteiger partial charge in [0.05, 0.1) is 0 Å². The molecule has 0 spiro atoms. The highest BCUT2D eigenvalue weighted by Gasteiger charge is 2.17. The molecular formula is C16H14FN5O3. The molecule has 3 rings (SSSR count). The second-order valence-corrected chi connectivity index (χ2v) is 5.32. The monoisotopic (exact) mass is 343 g/mol. The molecule has 0 aliphatic rings. The van der Waals surface area contributed by atoms with Crippen LogP contribution in [0.1, 0.15) is 21.1 Å². The first kappa shape index (κ1) is 16.4. The Morgan fingerprint density at radius 3 is 2.60 bits per heavy atom. The minimum absolute atomic E-state index is 0.0443. The lowest BCUT2D eigenvalue weighted by atomic mass is 10.2. The molecule has 2 aromatic heterocycles. The Kier molecular flexibility index (Phi) is 4.29. The number of amides is 2. The first-order chi connectivity index (χ1) is 12.0. The fourth-order valence-electron chi connectivity index (χ4n) is 2.09.